The molecule has 1 aromatic heterocycles. The van der Waals surface area contributed by atoms with Crippen molar-refractivity contribution in [1.29, 1.82) is 0 Å². The topological polar surface area (TPSA) is 78.8 Å². The molecule has 0 spiro atoms. The van der Waals surface area contributed by atoms with Gasteiger partial charge in [-0.15, -0.1) is 11.3 Å². The van der Waals surface area contributed by atoms with Crippen molar-refractivity contribution < 1.29 is 13.2 Å². The Labute approximate surface area is 157 Å². The molecule has 0 aliphatic carbocycles. The summed E-state index contributed by atoms with van der Waals surface area (Å²) >= 11 is 1.62. The van der Waals surface area contributed by atoms with Crippen LogP contribution in [0.5, 0.6) is 0 Å². The number of hydrogen-bond acceptors (Lipinski definition) is 5. The lowest BCUT2D eigenvalue weighted by atomic mass is 10.0. The highest BCUT2D eigenvalue weighted by atomic mass is 32.2. The van der Waals surface area contributed by atoms with Gasteiger partial charge >= 0.3 is 0 Å². The van der Waals surface area contributed by atoms with Crippen molar-refractivity contribution in [3.8, 4) is 0 Å². The molecule has 0 saturated heterocycles. The second-order valence-electron chi connectivity index (χ2n) is 5.96. The predicted molar refractivity (Wildman–Crippen MR) is 105 cm³/mol. The maximum atomic E-state index is 12.3. The molecule has 0 saturated carbocycles. The predicted octanol–water partition coefficient (Wildman–Crippen LogP) is 3.60. The van der Waals surface area contributed by atoms with Gasteiger partial charge in [0.25, 0.3) is 0 Å². The fraction of sp³-hybridized carbons (Fsp3) is 0.333. The van der Waals surface area contributed by atoms with Gasteiger partial charge in [-0.3, -0.25) is 9.52 Å². The molecule has 1 aliphatic heterocycles. The number of sulfonamides is 1. The third-order valence-electron chi connectivity index (χ3n) is 4.21. The molecule has 1 aliphatic rings. The summed E-state index contributed by atoms with van der Waals surface area (Å²) in [6.45, 7) is 3.42. The van der Waals surface area contributed by atoms with Gasteiger partial charge in [-0.25, -0.2) is 13.4 Å². The summed E-state index contributed by atoms with van der Waals surface area (Å²) in [4.78, 5) is 13.4. The maximum absolute atomic E-state index is 12.3. The number of anilines is 1. The third-order valence-corrected chi connectivity index (χ3v) is 6.49. The molecule has 8 heteroatoms. The van der Waals surface area contributed by atoms with Crippen LogP contribution in [0.3, 0.4) is 0 Å². The van der Waals surface area contributed by atoms with Crippen molar-refractivity contribution in [2.24, 2.45) is 5.10 Å². The highest BCUT2D eigenvalue weighted by molar-refractivity contribution is 7.92. The molecular formula is C18H21N3O3S2. The maximum Gasteiger partial charge on any atom is 0.243 e. The number of carbonyl (C=O) groups excluding carboxylic acids is 1. The van der Waals surface area contributed by atoms with E-state index in [1.165, 1.54) is 0 Å². The van der Waals surface area contributed by atoms with Crippen LogP contribution in [0, 0.1) is 0 Å². The Hall–Kier alpha value is -2.19. The minimum Gasteiger partial charge on any atom is -0.284 e. The first kappa shape index (κ1) is 18.6. The van der Waals surface area contributed by atoms with E-state index in [1.807, 2.05) is 36.6 Å². The molecule has 1 atom stereocenters. The Balaban J connectivity index is 1.83. The van der Waals surface area contributed by atoms with Gasteiger partial charge in [0.2, 0.25) is 15.9 Å². The largest absolute Gasteiger partial charge is 0.284 e. The normalized spacial score (nSPS) is 17.2. The highest BCUT2D eigenvalue weighted by Crippen LogP contribution is 2.35. The van der Waals surface area contributed by atoms with Gasteiger partial charge < -0.3 is 0 Å². The van der Waals surface area contributed by atoms with E-state index in [-0.39, 0.29) is 17.7 Å². The molecule has 0 radical (unpaired) electrons. The number of amides is 1. The van der Waals surface area contributed by atoms with Crippen LogP contribution < -0.4 is 4.72 Å². The van der Waals surface area contributed by atoms with Crippen LogP contribution in [-0.2, 0) is 14.8 Å². The first-order valence-electron chi connectivity index (χ1n) is 8.47. The summed E-state index contributed by atoms with van der Waals surface area (Å²) in [5, 5.41) is 8.13. The smallest absolute Gasteiger partial charge is 0.243 e. The lowest BCUT2D eigenvalue weighted by Gasteiger charge is -2.19. The Morgan fingerprint density at radius 3 is 2.58 bits per heavy atom. The average molecular weight is 392 g/mol. The van der Waals surface area contributed by atoms with Crippen LogP contribution >= 0.6 is 11.3 Å². The molecule has 138 valence electrons. The number of rotatable bonds is 6. The monoisotopic (exact) mass is 391 g/mol. The van der Waals surface area contributed by atoms with E-state index >= 15 is 0 Å². The van der Waals surface area contributed by atoms with E-state index in [2.05, 4.69) is 9.82 Å². The lowest BCUT2D eigenvalue weighted by molar-refractivity contribution is -0.132. The van der Waals surface area contributed by atoms with Gasteiger partial charge in [0, 0.05) is 23.4 Å². The van der Waals surface area contributed by atoms with Crippen LogP contribution in [0.1, 0.15) is 43.2 Å². The summed E-state index contributed by atoms with van der Waals surface area (Å²) < 4.78 is 25.8. The highest BCUT2D eigenvalue weighted by Gasteiger charge is 2.32. The first-order valence-corrected chi connectivity index (χ1v) is 11.0. The molecule has 0 fully saturated rings. The number of benzene rings is 1. The molecule has 0 bridgehead atoms. The van der Waals surface area contributed by atoms with E-state index in [9.17, 15) is 13.2 Å². The Morgan fingerprint density at radius 1 is 1.27 bits per heavy atom. The number of thiophene rings is 1. The number of carbonyl (C=O) groups is 1. The van der Waals surface area contributed by atoms with Gasteiger partial charge in [-0.05, 0) is 36.1 Å². The molecule has 2 heterocycles. The van der Waals surface area contributed by atoms with Crippen molar-refractivity contribution in [1.82, 2.24) is 5.01 Å². The molecular weight excluding hydrogens is 370 g/mol. The zero-order valence-electron chi connectivity index (χ0n) is 14.7. The fourth-order valence-electron chi connectivity index (χ4n) is 2.76. The van der Waals surface area contributed by atoms with E-state index < -0.39 is 10.0 Å². The van der Waals surface area contributed by atoms with E-state index in [0.717, 1.165) is 16.2 Å². The lowest BCUT2D eigenvalue weighted by Crippen LogP contribution is -2.25. The van der Waals surface area contributed by atoms with Gasteiger partial charge in [-0.2, -0.15) is 5.10 Å². The molecule has 26 heavy (non-hydrogen) atoms. The van der Waals surface area contributed by atoms with Gasteiger partial charge in [0.1, 0.15) is 0 Å². The number of hydrazone groups is 1. The van der Waals surface area contributed by atoms with Crippen LogP contribution in [0.2, 0.25) is 0 Å². The second kappa shape index (κ2) is 7.59. The summed E-state index contributed by atoms with van der Waals surface area (Å²) in [6.07, 6.45) is 1.04. The van der Waals surface area contributed by atoms with Crippen molar-refractivity contribution in [2.45, 2.75) is 32.7 Å². The van der Waals surface area contributed by atoms with Crippen LogP contribution in [0.4, 0.5) is 5.69 Å². The van der Waals surface area contributed by atoms with Crippen molar-refractivity contribution in [3.05, 3.63) is 52.2 Å². The molecule has 1 N–H and O–H groups in total. The molecule has 1 aromatic carbocycles. The average Bonchev–Trinajstić information content (AvgIpc) is 3.31. The molecule has 1 amide bonds. The van der Waals surface area contributed by atoms with Gasteiger partial charge in [-0.1, -0.05) is 25.1 Å². The SMILES string of the molecule is CCC(=O)N1N=C(c2ccc(NS(=O)(=O)CC)cc2)C[C@@H]1c1cccs1. The zero-order chi connectivity index (χ0) is 18.7. The Bertz CT molecular complexity index is 904. The number of hydrogen-bond donors (Lipinski definition) is 1. The second-order valence-corrected chi connectivity index (χ2v) is 8.95. The van der Waals surface area contributed by atoms with E-state index in [0.29, 0.717) is 18.5 Å². The summed E-state index contributed by atoms with van der Waals surface area (Å²) in [7, 11) is -3.30. The molecule has 6 nitrogen and oxygen atoms in total. The van der Waals surface area contributed by atoms with Gasteiger partial charge in [0.15, 0.2) is 0 Å². The van der Waals surface area contributed by atoms with E-state index in [1.54, 1.807) is 35.4 Å². The standard InChI is InChI=1S/C18H21N3O3S2/c1-3-18(22)21-16(17-6-5-11-25-17)12-15(19-21)13-7-9-14(10-8-13)20-26(23,24)4-2/h5-11,16,20H,3-4,12H2,1-2H3/t16-/m1/s1. The van der Waals surface area contributed by atoms with Crippen molar-refractivity contribution in [3.63, 3.8) is 0 Å². The number of nitrogens with one attached hydrogen (secondary N) is 1. The molecule has 2 aromatic rings. The van der Waals surface area contributed by atoms with Crippen molar-refractivity contribution >= 4 is 38.7 Å². The van der Waals surface area contributed by atoms with Crippen LogP contribution in [-0.4, -0.2) is 30.8 Å². The minimum absolute atomic E-state index is 0.00859. The van der Waals surface area contributed by atoms with E-state index in [4.69, 9.17) is 0 Å². The molecule has 3 rings (SSSR count). The zero-order valence-corrected chi connectivity index (χ0v) is 16.3. The van der Waals surface area contributed by atoms with Crippen LogP contribution in [0.25, 0.3) is 0 Å². The third kappa shape index (κ3) is 3.96. The van der Waals surface area contributed by atoms with Gasteiger partial charge in [0.05, 0.1) is 17.5 Å². The first-order chi connectivity index (χ1) is 12.4. The number of nitrogens with zero attached hydrogens (tertiary/aromatic N) is 2. The minimum atomic E-state index is -3.30. The quantitative estimate of drug-likeness (QED) is 0.817. The Morgan fingerprint density at radius 2 is 2.00 bits per heavy atom. The fourth-order valence-corrected chi connectivity index (χ4v) is 4.21. The summed E-state index contributed by atoms with van der Waals surface area (Å²) in [5.74, 6) is 0.0172. The van der Waals surface area contributed by atoms with Crippen LogP contribution in [0.15, 0.2) is 46.9 Å². The Kier molecular flexibility index (Phi) is 5.43. The summed E-state index contributed by atoms with van der Waals surface area (Å²) in [5.41, 5.74) is 2.23. The summed E-state index contributed by atoms with van der Waals surface area (Å²) in [6, 6.07) is 11.0. The molecule has 0 unspecified atom stereocenters. The van der Waals surface area contributed by atoms with Crippen molar-refractivity contribution in [2.75, 3.05) is 10.5 Å².